The largest absolute Gasteiger partial charge is 0.299 e. The molecule has 0 radical (unpaired) electrons. The zero-order chi connectivity index (χ0) is 9.84. The fourth-order valence-electron chi connectivity index (χ4n) is 1.75. The Morgan fingerprint density at radius 1 is 1.77 bits per heavy atom. The smallest absolute Gasteiger partial charge is 0.138 e. The summed E-state index contributed by atoms with van der Waals surface area (Å²) in [7, 11) is 0. The molecule has 2 heteroatoms. The monoisotopic (exact) mass is 179 g/mol. The van der Waals surface area contributed by atoms with Crippen LogP contribution >= 0.6 is 0 Å². The maximum atomic E-state index is 11.3. The first-order valence-electron chi connectivity index (χ1n) is 4.85. The van der Waals surface area contributed by atoms with E-state index in [0.29, 0.717) is 18.2 Å². The number of piperidine rings is 1. The number of carbonyl (C=O) groups excluding carboxylic acids is 1. The zero-order valence-corrected chi connectivity index (χ0v) is 8.42. The molecular weight excluding hydrogens is 162 g/mol. The van der Waals surface area contributed by atoms with Crippen molar-refractivity contribution in [1.29, 1.82) is 0 Å². The Morgan fingerprint density at radius 2 is 2.46 bits per heavy atom. The number of terminal acetylenes is 1. The van der Waals surface area contributed by atoms with Crippen LogP contribution in [0.25, 0.3) is 0 Å². The molecule has 0 aromatic carbocycles. The van der Waals surface area contributed by atoms with Gasteiger partial charge in [0.2, 0.25) is 0 Å². The molecule has 0 N–H and O–H groups in total. The molecule has 0 spiro atoms. The molecule has 0 saturated carbocycles. The second-order valence-corrected chi connectivity index (χ2v) is 3.87. The standard InChI is InChI=1S/C11H17NO/c1-4-5-10(3)12-7-6-11(13)9(2)8-12/h1,9-10H,5-8H2,2-3H3. The number of ketones is 1. The van der Waals surface area contributed by atoms with Crippen molar-refractivity contribution in [1.82, 2.24) is 4.90 Å². The first kappa shape index (κ1) is 10.3. The molecule has 2 nitrogen and oxygen atoms in total. The van der Waals surface area contributed by atoms with E-state index < -0.39 is 0 Å². The summed E-state index contributed by atoms with van der Waals surface area (Å²) in [6, 6.07) is 0.417. The van der Waals surface area contributed by atoms with Gasteiger partial charge >= 0.3 is 0 Å². The lowest BCUT2D eigenvalue weighted by molar-refractivity contribution is -0.126. The van der Waals surface area contributed by atoms with Gasteiger partial charge < -0.3 is 0 Å². The summed E-state index contributed by atoms with van der Waals surface area (Å²) in [6.45, 7) is 5.88. The van der Waals surface area contributed by atoms with Crippen LogP contribution in [0.1, 0.15) is 26.7 Å². The van der Waals surface area contributed by atoms with E-state index >= 15 is 0 Å². The van der Waals surface area contributed by atoms with E-state index in [1.807, 2.05) is 6.92 Å². The second kappa shape index (κ2) is 4.43. The van der Waals surface area contributed by atoms with Gasteiger partial charge in [-0.1, -0.05) is 6.92 Å². The van der Waals surface area contributed by atoms with Crippen LogP contribution in [0.3, 0.4) is 0 Å². The molecule has 0 aromatic rings. The number of carbonyl (C=O) groups is 1. The van der Waals surface area contributed by atoms with Gasteiger partial charge in [-0.2, -0.15) is 0 Å². The van der Waals surface area contributed by atoms with E-state index in [0.717, 1.165) is 19.5 Å². The lowest BCUT2D eigenvalue weighted by atomic mass is 9.97. The summed E-state index contributed by atoms with van der Waals surface area (Å²) >= 11 is 0. The summed E-state index contributed by atoms with van der Waals surface area (Å²) < 4.78 is 0. The number of nitrogens with zero attached hydrogens (tertiary/aromatic N) is 1. The Hall–Kier alpha value is -0.810. The van der Waals surface area contributed by atoms with E-state index in [1.165, 1.54) is 0 Å². The van der Waals surface area contributed by atoms with Crippen LogP contribution < -0.4 is 0 Å². The summed E-state index contributed by atoms with van der Waals surface area (Å²) in [5, 5.41) is 0. The molecule has 1 heterocycles. The molecule has 0 bridgehead atoms. The van der Waals surface area contributed by atoms with Gasteiger partial charge in [-0.3, -0.25) is 9.69 Å². The minimum Gasteiger partial charge on any atom is -0.299 e. The Morgan fingerprint density at radius 3 is 3.00 bits per heavy atom. The fourth-order valence-corrected chi connectivity index (χ4v) is 1.75. The maximum absolute atomic E-state index is 11.3. The van der Waals surface area contributed by atoms with Crippen LogP contribution in [-0.2, 0) is 4.79 Å². The van der Waals surface area contributed by atoms with Crippen molar-refractivity contribution < 1.29 is 4.79 Å². The average molecular weight is 179 g/mol. The predicted molar refractivity (Wildman–Crippen MR) is 53.3 cm³/mol. The van der Waals surface area contributed by atoms with Crippen LogP contribution in [0.2, 0.25) is 0 Å². The van der Waals surface area contributed by atoms with Crippen molar-refractivity contribution in [2.45, 2.75) is 32.7 Å². The molecule has 13 heavy (non-hydrogen) atoms. The van der Waals surface area contributed by atoms with E-state index in [9.17, 15) is 4.79 Å². The van der Waals surface area contributed by atoms with Gasteiger partial charge in [-0.25, -0.2) is 0 Å². The Balaban J connectivity index is 2.46. The van der Waals surface area contributed by atoms with Crippen molar-refractivity contribution in [2.24, 2.45) is 5.92 Å². The quantitative estimate of drug-likeness (QED) is 0.596. The van der Waals surface area contributed by atoms with E-state index in [4.69, 9.17) is 6.42 Å². The molecule has 1 saturated heterocycles. The molecule has 0 aliphatic carbocycles. The minimum atomic E-state index is 0.189. The number of hydrogen-bond donors (Lipinski definition) is 0. The molecule has 1 aliphatic rings. The molecule has 0 aromatic heterocycles. The molecular formula is C11H17NO. The molecule has 1 rings (SSSR count). The Bertz CT molecular complexity index is 229. The molecule has 2 atom stereocenters. The SMILES string of the molecule is C#CCC(C)N1CCC(=O)C(C)C1. The third-order valence-corrected chi connectivity index (χ3v) is 2.74. The van der Waals surface area contributed by atoms with E-state index in [2.05, 4.69) is 17.7 Å². The van der Waals surface area contributed by atoms with Gasteiger partial charge in [0.1, 0.15) is 5.78 Å². The van der Waals surface area contributed by atoms with Crippen molar-refractivity contribution in [3.8, 4) is 12.3 Å². The Labute approximate surface area is 80.3 Å². The maximum Gasteiger partial charge on any atom is 0.138 e. The summed E-state index contributed by atoms with van der Waals surface area (Å²) in [5.41, 5.74) is 0. The second-order valence-electron chi connectivity index (χ2n) is 3.87. The zero-order valence-electron chi connectivity index (χ0n) is 8.42. The highest BCUT2D eigenvalue weighted by Gasteiger charge is 2.25. The van der Waals surface area contributed by atoms with Gasteiger partial charge in [0.15, 0.2) is 0 Å². The van der Waals surface area contributed by atoms with E-state index in [-0.39, 0.29) is 5.92 Å². The van der Waals surface area contributed by atoms with Crippen LogP contribution in [0, 0.1) is 18.3 Å². The summed E-state index contributed by atoms with van der Waals surface area (Å²) in [6.07, 6.45) is 6.72. The molecule has 1 aliphatic heterocycles. The fraction of sp³-hybridized carbons (Fsp3) is 0.727. The van der Waals surface area contributed by atoms with Gasteiger partial charge in [0.25, 0.3) is 0 Å². The number of hydrogen-bond acceptors (Lipinski definition) is 2. The lowest BCUT2D eigenvalue weighted by Gasteiger charge is -2.33. The molecule has 72 valence electrons. The summed E-state index contributed by atoms with van der Waals surface area (Å²) in [4.78, 5) is 13.6. The topological polar surface area (TPSA) is 20.3 Å². The molecule has 1 fully saturated rings. The van der Waals surface area contributed by atoms with Crippen molar-refractivity contribution in [3.63, 3.8) is 0 Å². The molecule has 0 amide bonds. The van der Waals surface area contributed by atoms with Gasteiger partial charge in [-0.05, 0) is 6.92 Å². The van der Waals surface area contributed by atoms with Crippen molar-refractivity contribution in [2.75, 3.05) is 13.1 Å². The number of rotatable bonds is 2. The summed E-state index contributed by atoms with van der Waals surface area (Å²) in [5.74, 6) is 3.25. The van der Waals surface area contributed by atoms with Crippen LogP contribution in [0.15, 0.2) is 0 Å². The van der Waals surface area contributed by atoms with Gasteiger partial charge in [0, 0.05) is 37.9 Å². The van der Waals surface area contributed by atoms with Gasteiger partial charge in [-0.15, -0.1) is 12.3 Å². The van der Waals surface area contributed by atoms with Gasteiger partial charge in [0.05, 0.1) is 0 Å². The highest BCUT2D eigenvalue weighted by atomic mass is 16.1. The number of Topliss-reactive ketones (excluding diaryl/α,β-unsaturated/α-hetero) is 1. The third kappa shape index (κ3) is 2.57. The normalized spacial score (nSPS) is 26.8. The highest BCUT2D eigenvalue weighted by molar-refractivity contribution is 5.81. The molecule has 2 unspecified atom stereocenters. The van der Waals surface area contributed by atoms with Crippen LogP contribution in [0.5, 0.6) is 0 Å². The van der Waals surface area contributed by atoms with Crippen molar-refractivity contribution >= 4 is 5.78 Å². The van der Waals surface area contributed by atoms with Crippen LogP contribution in [0.4, 0.5) is 0 Å². The minimum absolute atomic E-state index is 0.189. The highest BCUT2D eigenvalue weighted by Crippen LogP contribution is 2.15. The lowest BCUT2D eigenvalue weighted by Crippen LogP contribution is -2.44. The first-order chi connectivity index (χ1) is 6.15. The van der Waals surface area contributed by atoms with Crippen molar-refractivity contribution in [3.05, 3.63) is 0 Å². The first-order valence-corrected chi connectivity index (χ1v) is 4.85. The van der Waals surface area contributed by atoms with E-state index in [1.54, 1.807) is 0 Å². The Kier molecular flexibility index (Phi) is 3.50. The number of likely N-dealkylation sites (tertiary alicyclic amines) is 1. The average Bonchev–Trinajstić information content (AvgIpc) is 2.10. The van der Waals surface area contributed by atoms with Crippen LogP contribution in [-0.4, -0.2) is 29.8 Å². The predicted octanol–water partition coefficient (Wildman–Crippen LogP) is 1.31. The third-order valence-electron chi connectivity index (χ3n) is 2.74.